The standard InChI is InChI=1S/C7H10FNO3S/c1-5-6(2)12-7(9-5)3-4-13(8,10)11/h3-4H2,1-2H3. The summed E-state index contributed by atoms with van der Waals surface area (Å²) < 4.78 is 37.5. The molecule has 0 radical (unpaired) electrons. The number of halogens is 1. The average Bonchev–Trinajstić information content (AvgIpc) is 2.27. The van der Waals surface area contributed by atoms with Gasteiger partial charge in [-0.3, -0.25) is 0 Å². The molecule has 0 saturated carbocycles. The van der Waals surface area contributed by atoms with E-state index in [-0.39, 0.29) is 12.3 Å². The largest absolute Gasteiger partial charge is 0.446 e. The highest BCUT2D eigenvalue weighted by Gasteiger charge is 2.11. The number of aromatic nitrogens is 1. The molecular formula is C7H10FNO3S. The van der Waals surface area contributed by atoms with Gasteiger partial charge in [-0.1, -0.05) is 0 Å². The van der Waals surface area contributed by atoms with Crippen LogP contribution in [0, 0.1) is 13.8 Å². The lowest BCUT2D eigenvalue weighted by Crippen LogP contribution is -2.02. The fraction of sp³-hybridized carbons (Fsp3) is 0.571. The number of aryl methyl sites for hydroxylation is 3. The van der Waals surface area contributed by atoms with Crippen molar-refractivity contribution >= 4 is 10.2 Å². The lowest BCUT2D eigenvalue weighted by Gasteiger charge is -1.90. The summed E-state index contributed by atoms with van der Waals surface area (Å²) in [5.41, 5.74) is 0.700. The van der Waals surface area contributed by atoms with E-state index in [1.54, 1.807) is 13.8 Å². The van der Waals surface area contributed by atoms with Gasteiger partial charge >= 0.3 is 10.2 Å². The van der Waals surface area contributed by atoms with Crippen LogP contribution in [-0.4, -0.2) is 19.2 Å². The number of rotatable bonds is 3. The van der Waals surface area contributed by atoms with E-state index in [1.807, 2.05) is 0 Å². The summed E-state index contributed by atoms with van der Waals surface area (Å²) in [6, 6.07) is 0. The summed E-state index contributed by atoms with van der Waals surface area (Å²) in [6.07, 6.45) is -0.0203. The zero-order valence-corrected chi connectivity index (χ0v) is 8.19. The average molecular weight is 207 g/mol. The van der Waals surface area contributed by atoms with Gasteiger partial charge in [-0.05, 0) is 13.8 Å². The van der Waals surface area contributed by atoms with Crippen molar-refractivity contribution in [2.24, 2.45) is 0 Å². The maximum atomic E-state index is 12.1. The van der Waals surface area contributed by atoms with E-state index in [1.165, 1.54) is 0 Å². The molecule has 0 bridgehead atoms. The molecule has 6 heteroatoms. The van der Waals surface area contributed by atoms with E-state index in [0.717, 1.165) is 0 Å². The predicted molar refractivity (Wildman–Crippen MR) is 44.6 cm³/mol. The smallest absolute Gasteiger partial charge is 0.302 e. The molecule has 0 saturated heterocycles. The SMILES string of the molecule is Cc1nc(CCS(=O)(=O)F)oc1C. The van der Waals surface area contributed by atoms with Crippen LogP contribution in [0.25, 0.3) is 0 Å². The molecule has 0 aliphatic rings. The molecule has 0 amide bonds. The molecule has 0 aliphatic heterocycles. The van der Waals surface area contributed by atoms with Crippen LogP contribution in [0.3, 0.4) is 0 Å². The molecule has 1 aromatic heterocycles. The minimum absolute atomic E-state index is 0.0203. The maximum absolute atomic E-state index is 12.1. The monoisotopic (exact) mass is 207 g/mol. The number of hydrogen-bond donors (Lipinski definition) is 0. The fourth-order valence-electron chi connectivity index (χ4n) is 0.855. The van der Waals surface area contributed by atoms with E-state index in [4.69, 9.17) is 4.42 Å². The first-order valence-electron chi connectivity index (χ1n) is 3.74. The van der Waals surface area contributed by atoms with Crippen LogP contribution in [0.15, 0.2) is 4.42 Å². The van der Waals surface area contributed by atoms with Crippen LogP contribution in [0.4, 0.5) is 3.89 Å². The van der Waals surface area contributed by atoms with Crippen LogP contribution >= 0.6 is 0 Å². The van der Waals surface area contributed by atoms with E-state index in [0.29, 0.717) is 11.5 Å². The quantitative estimate of drug-likeness (QED) is 0.697. The second kappa shape index (κ2) is 3.45. The Labute approximate surface area is 76.0 Å². The first-order chi connectivity index (χ1) is 5.88. The lowest BCUT2D eigenvalue weighted by atomic mass is 10.4. The van der Waals surface area contributed by atoms with Crippen LogP contribution in [0.5, 0.6) is 0 Å². The molecule has 0 unspecified atom stereocenters. The van der Waals surface area contributed by atoms with Gasteiger partial charge in [0.05, 0.1) is 11.4 Å². The van der Waals surface area contributed by atoms with Gasteiger partial charge < -0.3 is 4.42 Å². The summed E-state index contributed by atoms with van der Waals surface area (Å²) in [6.45, 7) is 3.46. The molecule has 0 fully saturated rings. The zero-order chi connectivity index (χ0) is 10.1. The first kappa shape index (κ1) is 10.2. The first-order valence-corrected chi connectivity index (χ1v) is 5.29. The Morgan fingerprint density at radius 3 is 2.46 bits per heavy atom. The van der Waals surface area contributed by atoms with Crippen molar-refractivity contribution in [3.8, 4) is 0 Å². The molecule has 0 N–H and O–H groups in total. The molecule has 13 heavy (non-hydrogen) atoms. The molecule has 1 heterocycles. The highest BCUT2D eigenvalue weighted by Crippen LogP contribution is 2.09. The Kier molecular flexibility index (Phi) is 2.70. The molecule has 0 spiro atoms. The normalized spacial score (nSPS) is 11.9. The van der Waals surface area contributed by atoms with Crippen molar-refractivity contribution in [2.45, 2.75) is 20.3 Å². The second-order valence-electron chi connectivity index (χ2n) is 2.74. The summed E-state index contributed by atoms with van der Waals surface area (Å²) in [5.74, 6) is 0.314. The third-order valence-corrected chi connectivity index (χ3v) is 2.32. The van der Waals surface area contributed by atoms with Crippen LogP contribution in [-0.2, 0) is 16.6 Å². The Bertz CT molecular complexity index is 376. The number of oxazole rings is 1. The maximum Gasteiger partial charge on any atom is 0.302 e. The molecule has 1 aromatic rings. The van der Waals surface area contributed by atoms with Crippen molar-refractivity contribution in [1.82, 2.24) is 4.98 Å². The Morgan fingerprint density at radius 2 is 2.08 bits per heavy atom. The van der Waals surface area contributed by atoms with Crippen molar-refractivity contribution in [1.29, 1.82) is 0 Å². The van der Waals surface area contributed by atoms with E-state index in [9.17, 15) is 12.3 Å². The van der Waals surface area contributed by atoms with Gasteiger partial charge in [0.25, 0.3) is 0 Å². The zero-order valence-electron chi connectivity index (χ0n) is 7.37. The third kappa shape index (κ3) is 3.14. The summed E-state index contributed by atoms with van der Waals surface area (Å²) >= 11 is 0. The molecule has 0 atom stereocenters. The Morgan fingerprint density at radius 1 is 1.46 bits per heavy atom. The Hall–Kier alpha value is -0.910. The van der Waals surface area contributed by atoms with Gasteiger partial charge in [0.1, 0.15) is 5.76 Å². The molecule has 0 aliphatic carbocycles. The van der Waals surface area contributed by atoms with Crippen molar-refractivity contribution < 1.29 is 16.7 Å². The van der Waals surface area contributed by atoms with Crippen molar-refractivity contribution in [2.75, 3.05) is 5.75 Å². The van der Waals surface area contributed by atoms with Gasteiger partial charge in [-0.15, -0.1) is 3.89 Å². The van der Waals surface area contributed by atoms with Gasteiger partial charge in [0.15, 0.2) is 5.89 Å². The van der Waals surface area contributed by atoms with Crippen LogP contribution in [0.1, 0.15) is 17.3 Å². The molecule has 0 aromatic carbocycles. The second-order valence-corrected chi connectivity index (χ2v) is 4.23. The summed E-state index contributed by atoms with van der Waals surface area (Å²) in [7, 11) is -4.43. The molecule has 1 rings (SSSR count). The summed E-state index contributed by atoms with van der Waals surface area (Å²) in [4.78, 5) is 3.92. The highest BCUT2D eigenvalue weighted by molar-refractivity contribution is 7.86. The van der Waals surface area contributed by atoms with Gasteiger partial charge in [0.2, 0.25) is 0 Å². The van der Waals surface area contributed by atoms with E-state index < -0.39 is 16.0 Å². The number of hydrogen-bond acceptors (Lipinski definition) is 4. The molecule has 4 nitrogen and oxygen atoms in total. The fourth-order valence-corrected chi connectivity index (χ4v) is 1.27. The predicted octanol–water partition coefficient (Wildman–Crippen LogP) is 1.13. The van der Waals surface area contributed by atoms with Gasteiger partial charge in [-0.2, -0.15) is 8.42 Å². The highest BCUT2D eigenvalue weighted by atomic mass is 32.3. The Balaban J connectivity index is 2.66. The van der Waals surface area contributed by atoms with E-state index in [2.05, 4.69) is 4.98 Å². The number of nitrogens with zero attached hydrogens (tertiary/aromatic N) is 1. The van der Waals surface area contributed by atoms with Crippen LogP contribution < -0.4 is 0 Å². The third-order valence-electron chi connectivity index (χ3n) is 1.63. The molecular weight excluding hydrogens is 197 g/mol. The van der Waals surface area contributed by atoms with Gasteiger partial charge in [0, 0.05) is 6.42 Å². The minimum atomic E-state index is -4.43. The van der Waals surface area contributed by atoms with Crippen LogP contribution in [0.2, 0.25) is 0 Å². The van der Waals surface area contributed by atoms with E-state index >= 15 is 0 Å². The molecule has 74 valence electrons. The minimum Gasteiger partial charge on any atom is -0.446 e. The topological polar surface area (TPSA) is 60.2 Å². The lowest BCUT2D eigenvalue weighted by molar-refractivity contribution is 0.473. The van der Waals surface area contributed by atoms with Crippen molar-refractivity contribution in [3.63, 3.8) is 0 Å². The van der Waals surface area contributed by atoms with Gasteiger partial charge in [-0.25, -0.2) is 4.98 Å². The van der Waals surface area contributed by atoms with Crippen molar-refractivity contribution in [3.05, 3.63) is 17.3 Å². The summed E-state index contributed by atoms with van der Waals surface area (Å²) in [5, 5.41) is 0.